The van der Waals surface area contributed by atoms with E-state index in [4.69, 9.17) is 11.6 Å². The van der Waals surface area contributed by atoms with Gasteiger partial charge in [0, 0.05) is 16.0 Å². The van der Waals surface area contributed by atoms with Gasteiger partial charge in [-0.15, -0.1) is 11.3 Å². The molecule has 0 fully saturated rings. The minimum absolute atomic E-state index is 0.348. The Morgan fingerprint density at radius 1 is 1.50 bits per heavy atom. The average molecular weight is 375 g/mol. The van der Waals surface area contributed by atoms with E-state index in [1.54, 1.807) is 11.3 Å². The van der Waals surface area contributed by atoms with Crippen LogP contribution < -0.4 is 5.32 Å². The van der Waals surface area contributed by atoms with Crippen LogP contribution in [0.15, 0.2) is 28.2 Å². The molecule has 104 valence electrons. The Kier molecular flexibility index (Phi) is 3.70. The Balaban J connectivity index is 1.90. The van der Waals surface area contributed by atoms with E-state index >= 15 is 0 Å². The predicted molar refractivity (Wildman–Crippen MR) is 84.2 cm³/mol. The van der Waals surface area contributed by atoms with Gasteiger partial charge in [0.15, 0.2) is 4.96 Å². The molecule has 2 aromatic heterocycles. The summed E-state index contributed by atoms with van der Waals surface area (Å²) < 4.78 is 15.8. The quantitative estimate of drug-likeness (QED) is 0.708. The maximum Gasteiger partial charge on any atom is 0.194 e. The summed E-state index contributed by atoms with van der Waals surface area (Å²) in [5.41, 5.74) is 2.71. The first kappa shape index (κ1) is 13.9. The van der Waals surface area contributed by atoms with Crippen LogP contribution in [0.5, 0.6) is 0 Å². The van der Waals surface area contributed by atoms with Gasteiger partial charge in [0.1, 0.15) is 5.82 Å². The zero-order valence-electron chi connectivity index (χ0n) is 10.5. The average Bonchev–Trinajstić information content (AvgIpc) is 2.90. The molecule has 3 aromatic rings. The van der Waals surface area contributed by atoms with Crippen LogP contribution in [0.1, 0.15) is 11.4 Å². The molecule has 0 spiro atoms. The third-order valence-corrected chi connectivity index (χ3v) is 4.68. The number of hydrogen-bond acceptors (Lipinski definition) is 3. The molecule has 1 aromatic carbocycles. The number of benzene rings is 1. The summed E-state index contributed by atoms with van der Waals surface area (Å²) in [7, 11) is 0. The topological polar surface area (TPSA) is 29.3 Å². The number of aryl methyl sites for hydroxylation is 1. The monoisotopic (exact) mass is 373 g/mol. The summed E-state index contributed by atoms with van der Waals surface area (Å²) in [5.74, 6) is -0.367. The predicted octanol–water partition coefficient (Wildman–Crippen LogP) is 4.87. The van der Waals surface area contributed by atoms with Crippen LogP contribution in [0, 0.1) is 12.7 Å². The van der Waals surface area contributed by atoms with Crippen molar-refractivity contribution in [2.45, 2.75) is 13.5 Å². The van der Waals surface area contributed by atoms with E-state index < -0.39 is 0 Å². The summed E-state index contributed by atoms with van der Waals surface area (Å²) >= 11 is 11.0. The number of imidazole rings is 1. The zero-order valence-corrected chi connectivity index (χ0v) is 13.6. The first-order valence-corrected chi connectivity index (χ1v) is 7.91. The Hall–Kier alpha value is -1.11. The second-order valence-corrected chi connectivity index (χ2v) is 6.43. The molecule has 0 saturated carbocycles. The van der Waals surface area contributed by atoms with Crippen LogP contribution in [0.3, 0.4) is 0 Å². The number of nitrogens with one attached hydrogen (secondary N) is 1. The number of rotatable bonds is 3. The Bertz CT molecular complexity index is 760. The fourth-order valence-electron chi connectivity index (χ4n) is 2.04. The van der Waals surface area contributed by atoms with Gasteiger partial charge in [-0.25, -0.2) is 9.37 Å². The number of halogens is 3. The van der Waals surface area contributed by atoms with Gasteiger partial charge in [0.25, 0.3) is 0 Å². The van der Waals surface area contributed by atoms with Gasteiger partial charge in [0.05, 0.1) is 28.6 Å². The molecule has 2 heterocycles. The molecule has 1 N–H and O–H groups in total. The molecule has 0 aliphatic rings. The molecule has 0 radical (unpaired) electrons. The second kappa shape index (κ2) is 5.35. The van der Waals surface area contributed by atoms with Gasteiger partial charge >= 0.3 is 0 Å². The van der Waals surface area contributed by atoms with E-state index in [1.165, 1.54) is 12.1 Å². The van der Waals surface area contributed by atoms with Crippen LogP contribution in [-0.4, -0.2) is 9.38 Å². The number of hydrogen-bond donors (Lipinski definition) is 1. The molecule has 0 aliphatic heterocycles. The lowest BCUT2D eigenvalue weighted by atomic mass is 10.3. The van der Waals surface area contributed by atoms with E-state index in [-0.39, 0.29) is 5.82 Å². The molecule has 3 rings (SSSR count). The van der Waals surface area contributed by atoms with Crippen molar-refractivity contribution in [3.63, 3.8) is 0 Å². The van der Waals surface area contributed by atoms with Gasteiger partial charge < -0.3 is 5.32 Å². The van der Waals surface area contributed by atoms with E-state index in [9.17, 15) is 4.39 Å². The highest BCUT2D eigenvalue weighted by molar-refractivity contribution is 9.10. The Labute approximate surface area is 132 Å². The van der Waals surface area contributed by atoms with Crippen molar-refractivity contribution in [3.8, 4) is 0 Å². The smallest absolute Gasteiger partial charge is 0.194 e. The van der Waals surface area contributed by atoms with Gasteiger partial charge in [-0.05, 0) is 35.0 Å². The molecule has 0 amide bonds. The first-order valence-electron chi connectivity index (χ1n) is 5.85. The molecule has 0 unspecified atom stereocenters. The maximum atomic E-state index is 13.2. The number of fused-ring (bicyclic) bond motifs is 1. The first-order chi connectivity index (χ1) is 9.56. The standard InChI is InChI=1S/C13H10BrClFN3S/c1-7-11(19-2-3-20-13(19)18-7)6-17-12-9(14)4-8(16)5-10(12)15/h2-5,17H,6H2,1H3. The van der Waals surface area contributed by atoms with Crippen LogP contribution in [0.2, 0.25) is 5.02 Å². The fourth-order valence-corrected chi connectivity index (χ4v) is 3.77. The lowest BCUT2D eigenvalue weighted by Gasteiger charge is -2.11. The zero-order chi connectivity index (χ0) is 14.3. The number of thiazole rings is 1. The van der Waals surface area contributed by atoms with E-state index in [1.807, 2.05) is 22.9 Å². The third-order valence-electron chi connectivity index (χ3n) is 3.00. The van der Waals surface area contributed by atoms with Crippen molar-refractivity contribution in [3.05, 3.63) is 50.4 Å². The molecule has 7 heteroatoms. The maximum absolute atomic E-state index is 13.2. The molecule has 0 saturated heterocycles. The van der Waals surface area contributed by atoms with Crippen LogP contribution in [-0.2, 0) is 6.54 Å². The molecule has 0 atom stereocenters. The highest BCUT2D eigenvalue weighted by Gasteiger charge is 2.12. The van der Waals surface area contributed by atoms with Crippen molar-refractivity contribution in [1.29, 1.82) is 0 Å². The molecule has 20 heavy (non-hydrogen) atoms. The highest BCUT2D eigenvalue weighted by Crippen LogP contribution is 2.32. The van der Waals surface area contributed by atoms with Crippen molar-refractivity contribution in [2.75, 3.05) is 5.32 Å². The molecular formula is C13H10BrClFN3S. The van der Waals surface area contributed by atoms with Gasteiger partial charge in [0.2, 0.25) is 0 Å². The van der Waals surface area contributed by atoms with Crippen molar-refractivity contribution in [2.24, 2.45) is 0 Å². The van der Waals surface area contributed by atoms with E-state index in [0.29, 0.717) is 21.7 Å². The minimum Gasteiger partial charge on any atom is -0.377 e. The fraction of sp³-hybridized carbons (Fsp3) is 0.154. The molecule has 3 nitrogen and oxygen atoms in total. The van der Waals surface area contributed by atoms with E-state index in [0.717, 1.165) is 16.3 Å². The largest absolute Gasteiger partial charge is 0.377 e. The summed E-state index contributed by atoms with van der Waals surface area (Å²) in [4.78, 5) is 5.44. The molecule has 0 bridgehead atoms. The summed E-state index contributed by atoms with van der Waals surface area (Å²) in [6.07, 6.45) is 1.98. The number of nitrogens with zero attached hydrogens (tertiary/aromatic N) is 2. The Morgan fingerprint density at radius 3 is 3.05 bits per heavy atom. The molecule has 0 aliphatic carbocycles. The summed E-state index contributed by atoms with van der Waals surface area (Å²) in [6, 6.07) is 2.68. The van der Waals surface area contributed by atoms with Crippen molar-refractivity contribution >= 4 is 49.5 Å². The SMILES string of the molecule is Cc1nc2sccn2c1CNc1c(Cl)cc(F)cc1Br. The Morgan fingerprint density at radius 2 is 2.30 bits per heavy atom. The normalized spacial score (nSPS) is 11.2. The highest BCUT2D eigenvalue weighted by atomic mass is 79.9. The minimum atomic E-state index is -0.367. The number of anilines is 1. The van der Waals surface area contributed by atoms with Gasteiger partial charge in [-0.1, -0.05) is 11.6 Å². The van der Waals surface area contributed by atoms with Crippen LogP contribution in [0.25, 0.3) is 4.96 Å². The lowest BCUT2D eigenvalue weighted by molar-refractivity contribution is 0.627. The second-order valence-electron chi connectivity index (χ2n) is 4.30. The number of aromatic nitrogens is 2. The summed E-state index contributed by atoms with van der Waals surface area (Å²) in [5, 5.41) is 5.57. The van der Waals surface area contributed by atoms with Gasteiger partial charge in [-0.3, -0.25) is 4.40 Å². The van der Waals surface area contributed by atoms with Gasteiger partial charge in [-0.2, -0.15) is 0 Å². The lowest BCUT2D eigenvalue weighted by Crippen LogP contribution is -2.04. The van der Waals surface area contributed by atoms with Crippen molar-refractivity contribution in [1.82, 2.24) is 9.38 Å². The van der Waals surface area contributed by atoms with E-state index in [2.05, 4.69) is 26.2 Å². The van der Waals surface area contributed by atoms with Crippen molar-refractivity contribution < 1.29 is 4.39 Å². The third kappa shape index (κ3) is 2.43. The van der Waals surface area contributed by atoms with Crippen LogP contribution in [0.4, 0.5) is 10.1 Å². The summed E-state index contributed by atoms with van der Waals surface area (Å²) in [6.45, 7) is 2.53. The van der Waals surface area contributed by atoms with Crippen LogP contribution >= 0.6 is 38.9 Å². The molecular weight excluding hydrogens is 365 g/mol.